The summed E-state index contributed by atoms with van der Waals surface area (Å²) in [5.41, 5.74) is 3.06. The van der Waals surface area contributed by atoms with Gasteiger partial charge in [0, 0.05) is 17.1 Å². The highest BCUT2D eigenvalue weighted by molar-refractivity contribution is 7.09. The fourth-order valence-electron chi connectivity index (χ4n) is 3.69. The Balaban J connectivity index is 1.47. The highest BCUT2D eigenvalue weighted by Crippen LogP contribution is 2.23. The maximum absolute atomic E-state index is 13.1. The van der Waals surface area contributed by atoms with Gasteiger partial charge in [-0.3, -0.25) is 4.79 Å². The molecule has 7 heteroatoms. The highest BCUT2D eigenvalue weighted by Gasteiger charge is 2.22. The summed E-state index contributed by atoms with van der Waals surface area (Å²) in [5.74, 6) is -0.255. The van der Waals surface area contributed by atoms with Gasteiger partial charge in [0.15, 0.2) is 0 Å². The van der Waals surface area contributed by atoms with Crippen molar-refractivity contribution in [1.29, 1.82) is 0 Å². The van der Waals surface area contributed by atoms with Crippen LogP contribution in [0.4, 0.5) is 10.5 Å². The number of nitrogens with zero attached hydrogens (tertiary/aromatic N) is 2. The van der Waals surface area contributed by atoms with Crippen molar-refractivity contribution in [3.8, 4) is 0 Å². The number of thiazole rings is 1. The molecule has 2 N–H and O–H groups in total. The minimum atomic E-state index is -0.293. The van der Waals surface area contributed by atoms with E-state index in [0.717, 1.165) is 16.8 Å². The van der Waals surface area contributed by atoms with E-state index in [2.05, 4.69) is 15.6 Å². The van der Waals surface area contributed by atoms with Crippen molar-refractivity contribution in [1.82, 2.24) is 15.2 Å². The second kappa shape index (κ2) is 11.4. The van der Waals surface area contributed by atoms with E-state index < -0.39 is 0 Å². The Labute approximate surface area is 209 Å². The Hall–Kier alpha value is -3.97. The van der Waals surface area contributed by atoms with Gasteiger partial charge in [-0.25, -0.2) is 9.78 Å². The molecular weight excluding hydrogens is 456 g/mol. The maximum Gasteiger partial charge on any atom is 0.322 e. The third-order valence-corrected chi connectivity index (χ3v) is 6.37. The monoisotopic (exact) mass is 484 g/mol. The van der Waals surface area contributed by atoms with Crippen LogP contribution in [0.3, 0.4) is 0 Å². The highest BCUT2D eigenvalue weighted by atomic mass is 32.1. The molecule has 3 aromatic carbocycles. The fraction of sp³-hybridized carbons (Fsp3) is 0.179. The number of aromatic nitrogens is 1. The van der Waals surface area contributed by atoms with Crippen LogP contribution >= 0.6 is 11.3 Å². The molecule has 35 heavy (non-hydrogen) atoms. The van der Waals surface area contributed by atoms with Gasteiger partial charge in [-0.15, -0.1) is 11.3 Å². The van der Waals surface area contributed by atoms with Gasteiger partial charge in [0.1, 0.15) is 10.7 Å². The molecule has 1 heterocycles. The van der Waals surface area contributed by atoms with Gasteiger partial charge in [-0.05, 0) is 37.1 Å². The molecule has 178 valence electrons. The number of nitrogens with one attached hydrogen (secondary N) is 2. The van der Waals surface area contributed by atoms with Crippen LogP contribution in [0.1, 0.15) is 46.5 Å². The number of hydrogen-bond acceptors (Lipinski definition) is 4. The van der Waals surface area contributed by atoms with Crippen molar-refractivity contribution >= 4 is 29.0 Å². The van der Waals surface area contributed by atoms with E-state index in [1.807, 2.05) is 105 Å². The van der Waals surface area contributed by atoms with Crippen molar-refractivity contribution in [2.75, 3.05) is 5.32 Å². The van der Waals surface area contributed by atoms with E-state index in [1.54, 1.807) is 10.3 Å². The lowest BCUT2D eigenvalue weighted by Gasteiger charge is -2.26. The molecule has 0 fully saturated rings. The molecule has 0 unspecified atom stereocenters. The number of hydrogen-bond donors (Lipinski definition) is 2. The minimum absolute atomic E-state index is 0.0413. The Morgan fingerprint density at radius 2 is 1.40 bits per heavy atom. The summed E-state index contributed by atoms with van der Waals surface area (Å²) in [5, 5.41) is 8.48. The van der Waals surface area contributed by atoms with Crippen molar-refractivity contribution in [2.24, 2.45) is 0 Å². The molecule has 1 aromatic heterocycles. The van der Waals surface area contributed by atoms with Crippen LogP contribution in [-0.4, -0.2) is 27.9 Å². The topological polar surface area (TPSA) is 74.3 Å². The van der Waals surface area contributed by atoms with Gasteiger partial charge < -0.3 is 15.5 Å². The average molecular weight is 485 g/mol. The van der Waals surface area contributed by atoms with Crippen LogP contribution in [-0.2, 0) is 6.54 Å². The number of carbonyl (C=O) groups is 2. The SMILES string of the molecule is CC(C)N(Cc1nc(C(=O)NC(c2ccccc2)c2ccccc2)cs1)C(=O)Nc1ccccc1. The largest absolute Gasteiger partial charge is 0.340 e. The molecule has 4 aromatic rings. The van der Waals surface area contributed by atoms with Crippen molar-refractivity contribution in [3.63, 3.8) is 0 Å². The molecule has 3 amide bonds. The molecule has 0 aliphatic carbocycles. The molecule has 0 aliphatic heterocycles. The summed E-state index contributed by atoms with van der Waals surface area (Å²) in [6, 6.07) is 28.5. The standard InChI is InChI=1S/C28H28N4O2S/c1-20(2)32(28(34)29-23-16-10-5-11-17-23)18-25-30-24(19-35-25)27(33)31-26(21-12-6-3-7-13-21)22-14-8-4-9-15-22/h3-17,19-20,26H,18H2,1-2H3,(H,29,34)(H,31,33). The zero-order valence-electron chi connectivity index (χ0n) is 19.7. The van der Waals surface area contributed by atoms with Crippen LogP contribution < -0.4 is 10.6 Å². The van der Waals surface area contributed by atoms with Gasteiger partial charge in [0.05, 0.1) is 12.6 Å². The Morgan fingerprint density at radius 1 is 0.857 bits per heavy atom. The van der Waals surface area contributed by atoms with Crippen LogP contribution in [0.25, 0.3) is 0 Å². The summed E-state index contributed by atoms with van der Waals surface area (Å²) < 4.78 is 0. The Morgan fingerprint density at radius 3 is 1.94 bits per heavy atom. The van der Waals surface area contributed by atoms with Gasteiger partial charge >= 0.3 is 6.03 Å². The van der Waals surface area contributed by atoms with E-state index >= 15 is 0 Å². The lowest BCUT2D eigenvalue weighted by atomic mass is 9.98. The first-order chi connectivity index (χ1) is 17.0. The normalized spacial score (nSPS) is 10.9. The molecule has 6 nitrogen and oxygen atoms in total. The number of carbonyl (C=O) groups excluding carboxylic acids is 2. The minimum Gasteiger partial charge on any atom is -0.340 e. The Bertz CT molecular complexity index is 1200. The van der Waals surface area contributed by atoms with E-state index in [-0.39, 0.29) is 24.0 Å². The molecule has 0 saturated heterocycles. The van der Waals surface area contributed by atoms with Crippen molar-refractivity contribution in [2.45, 2.75) is 32.5 Å². The molecule has 0 atom stereocenters. The van der Waals surface area contributed by atoms with Gasteiger partial charge in [0.2, 0.25) is 0 Å². The maximum atomic E-state index is 13.1. The summed E-state index contributed by atoms with van der Waals surface area (Å²) in [7, 11) is 0. The quantitative estimate of drug-likeness (QED) is 0.317. The van der Waals surface area contributed by atoms with Crippen LogP contribution in [0.15, 0.2) is 96.4 Å². The first-order valence-electron chi connectivity index (χ1n) is 11.5. The first-order valence-corrected chi connectivity index (χ1v) is 12.4. The smallest absolute Gasteiger partial charge is 0.322 e. The number of rotatable bonds is 8. The Kier molecular flexibility index (Phi) is 7.90. The van der Waals surface area contributed by atoms with Gasteiger partial charge in [-0.2, -0.15) is 0 Å². The van der Waals surface area contributed by atoms with Gasteiger partial charge in [-0.1, -0.05) is 78.9 Å². The van der Waals surface area contributed by atoms with Crippen molar-refractivity contribution < 1.29 is 9.59 Å². The predicted molar refractivity (Wildman–Crippen MR) is 140 cm³/mol. The lowest BCUT2D eigenvalue weighted by molar-refractivity contribution is 0.0938. The van der Waals surface area contributed by atoms with E-state index in [4.69, 9.17) is 0 Å². The number of anilines is 1. The average Bonchev–Trinajstić information content (AvgIpc) is 3.36. The van der Waals surface area contributed by atoms with Crippen LogP contribution in [0.5, 0.6) is 0 Å². The second-order valence-corrected chi connectivity index (χ2v) is 9.31. The van der Waals surface area contributed by atoms with Crippen LogP contribution in [0, 0.1) is 0 Å². The molecule has 4 rings (SSSR count). The third kappa shape index (κ3) is 6.33. The third-order valence-electron chi connectivity index (χ3n) is 5.54. The zero-order chi connectivity index (χ0) is 24.6. The second-order valence-electron chi connectivity index (χ2n) is 8.37. The van der Waals surface area contributed by atoms with E-state index in [9.17, 15) is 9.59 Å². The van der Waals surface area contributed by atoms with E-state index in [1.165, 1.54) is 11.3 Å². The molecule has 0 radical (unpaired) electrons. The van der Waals surface area contributed by atoms with Crippen molar-refractivity contribution in [3.05, 3.63) is 118 Å². The molecular formula is C28H28N4O2S. The zero-order valence-corrected chi connectivity index (χ0v) is 20.5. The fourth-order valence-corrected chi connectivity index (χ4v) is 4.47. The predicted octanol–water partition coefficient (Wildman–Crippen LogP) is 6.11. The number of para-hydroxylation sites is 1. The van der Waals surface area contributed by atoms with Crippen LogP contribution in [0.2, 0.25) is 0 Å². The molecule has 0 aliphatic rings. The number of benzene rings is 3. The molecule has 0 spiro atoms. The molecule has 0 bridgehead atoms. The molecule has 0 saturated carbocycles. The first kappa shape index (κ1) is 24.2. The number of amides is 3. The summed E-state index contributed by atoms with van der Waals surface area (Å²) in [6.45, 7) is 4.22. The summed E-state index contributed by atoms with van der Waals surface area (Å²) >= 11 is 1.37. The summed E-state index contributed by atoms with van der Waals surface area (Å²) in [4.78, 5) is 32.3. The van der Waals surface area contributed by atoms with E-state index in [0.29, 0.717) is 17.2 Å². The number of urea groups is 1. The van der Waals surface area contributed by atoms with Gasteiger partial charge in [0.25, 0.3) is 5.91 Å². The summed E-state index contributed by atoms with van der Waals surface area (Å²) in [6.07, 6.45) is 0. The lowest BCUT2D eigenvalue weighted by Crippen LogP contribution is -2.39.